The SMILES string of the molecule is CCCS(=O)(=O)N(C)Cc1nc2ccsc2c(=O)[nH]1. The fourth-order valence-electron chi connectivity index (χ4n) is 1.72. The Labute approximate surface area is 115 Å². The number of hydrogen-bond donors (Lipinski definition) is 1. The molecule has 2 aromatic rings. The van der Waals surface area contributed by atoms with E-state index < -0.39 is 10.0 Å². The summed E-state index contributed by atoms with van der Waals surface area (Å²) in [6.07, 6.45) is 0.556. The van der Waals surface area contributed by atoms with Crippen molar-refractivity contribution in [2.75, 3.05) is 12.8 Å². The molecule has 0 saturated heterocycles. The lowest BCUT2D eigenvalue weighted by molar-refractivity contribution is 0.456. The van der Waals surface area contributed by atoms with Crippen molar-refractivity contribution in [3.8, 4) is 0 Å². The zero-order chi connectivity index (χ0) is 14.0. The van der Waals surface area contributed by atoms with Crippen LogP contribution in [0.2, 0.25) is 0 Å². The molecule has 0 aliphatic carbocycles. The molecule has 0 unspecified atom stereocenters. The summed E-state index contributed by atoms with van der Waals surface area (Å²) >= 11 is 1.32. The average molecular weight is 301 g/mol. The van der Waals surface area contributed by atoms with Crippen LogP contribution in [0.3, 0.4) is 0 Å². The fourth-order valence-corrected chi connectivity index (χ4v) is 3.59. The van der Waals surface area contributed by atoms with Crippen molar-refractivity contribution < 1.29 is 8.42 Å². The van der Waals surface area contributed by atoms with Crippen molar-refractivity contribution in [3.63, 3.8) is 0 Å². The molecule has 0 amide bonds. The number of nitrogens with zero attached hydrogens (tertiary/aromatic N) is 2. The van der Waals surface area contributed by atoms with Crippen molar-refractivity contribution >= 4 is 31.6 Å². The van der Waals surface area contributed by atoms with Gasteiger partial charge < -0.3 is 4.98 Å². The predicted octanol–water partition coefficient (Wildman–Crippen LogP) is 1.16. The summed E-state index contributed by atoms with van der Waals surface area (Å²) in [5.74, 6) is 0.451. The van der Waals surface area contributed by atoms with Gasteiger partial charge in [0.05, 0.1) is 17.8 Å². The van der Waals surface area contributed by atoms with E-state index in [-0.39, 0.29) is 17.9 Å². The Morgan fingerprint density at radius 2 is 2.21 bits per heavy atom. The first-order valence-corrected chi connectivity index (χ1v) is 8.33. The van der Waals surface area contributed by atoms with Crippen LogP contribution in [0.5, 0.6) is 0 Å². The minimum Gasteiger partial charge on any atom is -0.308 e. The van der Waals surface area contributed by atoms with Crippen molar-refractivity contribution in [3.05, 3.63) is 27.6 Å². The average Bonchev–Trinajstić information content (AvgIpc) is 2.77. The van der Waals surface area contributed by atoms with Crippen molar-refractivity contribution in [2.24, 2.45) is 0 Å². The van der Waals surface area contributed by atoms with Crippen LogP contribution in [-0.4, -0.2) is 35.5 Å². The van der Waals surface area contributed by atoms with Crippen LogP contribution in [0.25, 0.3) is 10.2 Å². The van der Waals surface area contributed by atoms with Gasteiger partial charge in [-0.3, -0.25) is 4.79 Å². The van der Waals surface area contributed by atoms with Crippen LogP contribution in [0.1, 0.15) is 19.2 Å². The highest BCUT2D eigenvalue weighted by Gasteiger charge is 2.18. The molecule has 0 aliphatic heterocycles. The summed E-state index contributed by atoms with van der Waals surface area (Å²) in [5.41, 5.74) is 0.376. The summed E-state index contributed by atoms with van der Waals surface area (Å²) in [6, 6.07) is 1.75. The van der Waals surface area contributed by atoms with E-state index in [9.17, 15) is 13.2 Å². The number of hydrogen-bond acceptors (Lipinski definition) is 5. The lowest BCUT2D eigenvalue weighted by Crippen LogP contribution is -2.30. The molecule has 0 spiro atoms. The molecule has 2 rings (SSSR count). The summed E-state index contributed by atoms with van der Waals surface area (Å²) in [6.45, 7) is 1.88. The zero-order valence-electron chi connectivity index (χ0n) is 10.7. The van der Waals surface area contributed by atoms with Gasteiger partial charge >= 0.3 is 0 Å². The Hall–Kier alpha value is -1.25. The van der Waals surface area contributed by atoms with E-state index in [4.69, 9.17) is 0 Å². The third-order valence-electron chi connectivity index (χ3n) is 2.67. The highest BCUT2D eigenvalue weighted by molar-refractivity contribution is 7.89. The van der Waals surface area contributed by atoms with Crippen molar-refractivity contribution in [1.82, 2.24) is 14.3 Å². The third kappa shape index (κ3) is 3.02. The Morgan fingerprint density at radius 3 is 2.89 bits per heavy atom. The van der Waals surface area contributed by atoms with Crippen molar-refractivity contribution in [2.45, 2.75) is 19.9 Å². The molecule has 104 valence electrons. The van der Waals surface area contributed by atoms with Gasteiger partial charge in [-0.1, -0.05) is 6.92 Å². The van der Waals surface area contributed by atoms with Crippen LogP contribution < -0.4 is 5.56 Å². The van der Waals surface area contributed by atoms with Crippen LogP contribution in [-0.2, 0) is 16.6 Å². The quantitative estimate of drug-likeness (QED) is 0.898. The first kappa shape index (κ1) is 14.2. The minimum atomic E-state index is -3.29. The Balaban J connectivity index is 2.29. The molecule has 8 heteroatoms. The highest BCUT2D eigenvalue weighted by Crippen LogP contribution is 2.14. The molecular formula is C11H15N3O3S2. The van der Waals surface area contributed by atoms with Crippen molar-refractivity contribution in [1.29, 1.82) is 0 Å². The van der Waals surface area contributed by atoms with Gasteiger partial charge in [-0.25, -0.2) is 13.4 Å². The lowest BCUT2D eigenvalue weighted by Gasteiger charge is -2.15. The number of H-pyrrole nitrogens is 1. The largest absolute Gasteiger partial charge is 0.308 e. The lowest BCUT2D eigenvalue weighted by atomic mass is 10.4. The van der Waals surface area contributed by atoms with Gasteiger partial charge in [0.25, 0.3) is 5.56 Å². The van der Waals surface area contributed by atoms with E-state index in [1.54, 1.807) is 11.4 Å². The number of nitrogens with one attached hydrogen (secondary N) is 1. The van der Waals surface area contributed by atoms with Gasteiger partial charge in [-0.05, 0) is 17.9 Å². The number of sulfonamides is 1. The molecule has 1 N–H and O–H groups in total. The van der Waals surface area contributed by atoms with E-state index in [2.05, 4.69) is 9.97 Å². The second kappa shape index (κ2) is 5.40. The van der Waals surface area contributed by atoms with Gasteiger partial charge in [-0.15, -0.1) is 11.3 Å². The molecule has 2 heterocycles. The van der Waals surface area contributed by atoms with Gasteiger partial charge in [-0.2, -0.15) is 4.31 Å². The maximum atomic E-state index is 11.8. The van der Waals surface area contributed by atoms with E-state index in [1.807, 2.05) is 6.92 Å². The molecule has 6 nitrogen and oxygen atoms in total. The molecule has 0 aromatic carbocycles. The fraction of sp³-hybridized carbons (Fsp3) is 0.455. The number of aromatic nitrogens is 2. The van der Waals surface area contributed by atoms with Gasteiger partial charge in [0.15, 0.2) is 0 Å². The third-order valence-corrected chi connectivity index (χ3v) is 5.58. The first-order chi connectivity index (χ1) is 8.94. The molecular weight excluding hydrogens is 286 g/mol. The highest BCUT2D eigenvalue weighted by atomic mass is 32.2. The zero-order valence-corrected chi connectivity index (χ0v) is 12.3. The predicted molar refractivity (Wildman–Crippen MR) is 75.8 cm³/mol. The smallest absolute Gasteiger partial charge is 0.268 e. The van der Waals surface area contributed by atoms with E-state index in [0.29, 0.717) is 22.5 Å². The summed E-state index contributed by atoms with van der Waals surface area (Å²) < 4.78 is 25.5. The van der Waals surface area contributed by atoms with Gasteiger partial charge in [0.1, 0.15) is 10.5 Å². The molecule has 19 heavy (non-hydrogen) atoms. The Kier molecular flexibility index (Phi) is 4.02. The summed E-state index contributed by atoms with van der Waals surface area (Å²) in [4.78, 5) is 18.6. The van der Waals surface area contributed by atoms with E-state index in [1.165, 1.54) is 22.7 Å². The summed E-state index contributed by atoms with van der Waals surface area (Å²) in [5, 5.41) is 1.79. The molecule has 0 fully saturated rings. The molecule has 0 saturated carbocycles. The van der Waals surface area contributed by atoms with Gasteiger partial charge in [0.2, 0.25) is 10.0 Å². The second-order valence-electron chi connectivity index (χ2n) is 4.22. The summed E-state index contributed by atoms with van der Waals surface area (Å²) in [7, 11) is -1.80. The number of rotatable bonds is 5. The maximum absolute atomic E-state index is 11.8. The standard InChI is InChI=1S/C11H15N3O3S2/c1-3-6-19(16,17)14(2)7-9-12-8-4-5-18-10(8)11(15)13-9/h4-5H,3,6-7H2,1-2H3,(H,12,13,15). The maximum Gasteiger partial charge on any atom is 0.268 e. The Morgan fingerprint density at radius 1 is 1.47 bits per heavy atom. The van der Waals surface area contributed by atoms with Crippen LogP contribution in [0, 0.1) is 0 Å². The van der Waals surface area contributed by atoms with Gasteiger partial charge in [0, 0.05) is 7.05 Å². The number of thiophene rings is 1. The second-order valence-corrected chi connectivity index (χ2v) is 7.33. The molecule has 2 aromatic heterocycles. The Bertz CT molecular complexity index is 733. The van der Waals surface area contributed by atoms with E-state index in [0.717, 1.165) is 0 Å². The molecule has 0 atom stereocenters. The minimum absolute atomic E-state index is 0.0728. The first-order valence-electron chi connectivity index (χ1n) is 5.84. The van der Waals surface area contributed by atoms with Crippen LogP contribution >= 0.6 is 11.3 Å². The normalized spacial score (nSPS) is 12.4. The van der Waals surface area contributed by atoms with E-state index >= 15 is 0 Å². The topological polar surface area (TPSA) is 83.1 Å². The number of fused-ring (bicyclic) bond motifs is 1. The molecule has 0 radical (unpaired) electrons. The molecule has 0 bridgehead atoms. The van der Waals surface area contributed by atoms with Crippen LogP contribution in [0.15, 0.2) is 16.2 Å². The monoisotopic (exact) mass is 301 g/mol. The molecule has 0 aliphatic rings. The van der Waals surface area contributed by atoms with Crippen LogP contribution in [0.4, 0.5) is 0 Å². The number of aromatic amines is 1.